The number of hydrogen-bond donors (Lipinski definition) is 4. The first-order valence-corrected chi connectivity index (χ1v) is 11.6. The van der Waals surface area contributed by atoms with Crippen molar-refractivity contribution in [2.75, 3.05) is 0 Å². The van der Waals surface area contributed by atoms with Gasteiger partial charge in [-0.3, -0.25) is 0 Å². The van der Waals surface area contributed by atoms with Gasteiger partial charge in [0, 0.05) is 26.9 Å². The Bertz CT molecular complexity index is 596. The minimum Gasteiger partial charge on any atom is -0.392 e. The second-order valence-corrected chi connectivity index (χ2v) is 12.6. The molecule has 0 spiro atoms. The highest BCUT2D eigenvalue weighted by Crippen LogP contribution is 2.68. The lowest BCUT2D eigenvalue weighted by atomic mass is 9.44. The number of aliphatic hydroxyl groups is 4. The monoisotopic (exact) mass is 496 g/mol. The number of aliphatic hydroxyl groups excluding tert-OH is 1. The van der Waals surface area contributed by atoms with Crippen molar-refractivity contribution in [3.8, 4) is 0 Å². The van der Waals surface area contributed by atoms with Crippen LogP contribution in [-0.2, 0) is 0 Å². The molecule has 3 saturated carbocycles. The number of rotatable bonds is 1. The highest BCUT2D eigenvalue weighted by Gasteiger charge is 2.73. The van der Waals surface area contributed by atoms with Gasteiger partial charge < -0.3 is 20.4 Å². The molecule has 0 amide bonds. The third-order valence-corrected chi connectivity index (χ3v) is 12.2. The molecule has 4 nitrogen and oxygen atoms in total. The summed E-state index contributed by atoms with van der Waals surface area (Å²) in [5.41, 5.74) is -5.65. The first-order chi connectivity index (χ1) is 11.6. The molecule has 0 aliphatic heterocycles. The zero-order chi connectivity index (χ0) is 20.0. The largest absolute Gasteiger partial charge is 0.392 e. The molecule has 0 saturated heterocycles. The lowest BCUT2D eigenvalue weighted by Crippen LogP contribution is -2.75. The Morgan fingerprint density at radius 3 is 1.92 bits per heavy atom. The van der Waals surface area contributed by atoms with Crippen molar-refractivity contribution in [3.05, 3.63) is 0 Å². The maximum Gasteiger partial charge on any atom is 0.102 e. The van der Waals surface area contributed by atoms with Crippen molar-refractivity contribution < 1.29 is 20.4 Å². The highest BCUT2D eigenvalue weighted by atomic mass is 79.9. The number of alkyl halides is 2. The zero-order valence-electron chi connectivity index (χ0n) is 16.5. The van der Waals surface area contributed by atoms with Crippen LogP contribution in [0.2, 0.25) is 0 Å². The standard InChI is InChI=1S/C20H34Br2O4/c1-15(2)13(22)10-14(23)18(15,5)19(25)9-8-16(3)12(21)6-7-17(4,24)20(16,26)11-19/h12-14,23-26H,6-11H2,1-5H3/t12-,13+,14-,16+,17?,18-,19+,20+/m0/s1. The van der Waals surface area contributed by atoms with E-state index in [1.807, 2.05) is 13.8 Å². The van der Waals surface area contributed by atoms with Crippen LogP contribution in [0.4, 0.5) is 0 Å². The van der Waals surface area contributed by atoms with Gasteiger partial charge in [0.05, 0.1) is 17.3 Å². The van der Waals surface area contributed by atoms with E-state index in [2.05, 4.69) is 45.7 Å². The van der Waals surface area contributed by atoms with Crippen LogP contribution in [0, 0.1) is 16.2 Å². The minimum atomic E-state index is -1.43. The van der Waals surface area contributed by atoms with Crippen LogP contribution in [0.25, 0.3) is 0 Å². The van der Waals surface area contributed by atoms with E-state index in [1.165, 1.54) is 0 Å². The van der Waals surface area contributed by atoms with Crippen LogP contribution in [0.3, 0.4) is 0 Å². The summed E-state index contributed by atoms with van der Waals surface area (Å²) in [4.78, 5) is 0.167. The Balaban J connectivity index is 2.10. The van der Waals surface area contributed by atoms with Gasteiger partial charge in [0.15, 0.2) is 0 Å². The molecule has 8 atom stereocenters. The molecule has 0 aromatic rings. The van der Waals surface area contributed by atoms with E-state index in [4.69, 9.17) is 0 Å². The number of fused-ring (bicyclic) bond motifs is 1. The molecular formula is C20H34Br2O4. The van der Waals surface area contributed by atoms with Gasteiger partial charge >= 0.3 is 0 Å². The second-order valence-electron chi connectivity index (χ2n) is 10.4. The molecule has 3 aliphatic carbocycles. The quantitative estimate of drug-likeness (QED) is 0.418. The third kappa shape index (κ3) is 2.32. The first-order valence-electron chi connectivity index (χ1n) is 9.72. The average molecular weight is 498 g/mol. The third-order valence-electron chi connectivity index (χ3n) is 9.20. The molecule has 0 heterocycles. The fourth-order valence-electron chi connectivity index (χ4n) is 6.38. The molecule has 3 rings (SSSR count). The van der Waals surface area contributed by atoms with E-state index in [1.54, 1.807) is 6.92 Å². The SMILES string of the molecule is CC1(C)[C@H](Br)C[C@H](O)[C@]1(C)[C@@]1(O)CC[C@]2(C)[C@@H](Br)CCC(C)(O)[C@@]2(O)C1. The summed E-state index contributed by atoms with van der Waals surface area (Å²) in [6.45, 7) is 9.82. The predicted octanol–water partition coefficient (Wildman–Crippen LogP) is 3.51. The predicted molar refractivity (Wildman–Crippen MR) is 110 cm³/mol. The molecule has 3 aliphatic rings. The van der Waals surface area contributed by atoms with E-state index < -0.39 is 33.7 Å². The fourth-order valence-corrected chi connectivity index (χ4v) is 8.04. The van der Waals surface area contributed by atoms with Gasteiger partial charge in [0.25, 0.3) is 0 Å². The van der Waals surface area contributed by atoms with Gasteiger partial charge in [-0.2, -0.15) is 0 Å². The molecule has 26 heavy (non-hydrogen) atoms. The van der Waals surface area contributed by atoms with Gasteiger partial charge in [0.1, 0.15) is 5.60 Å². The first kappa shape index (κ1) is 21.5. The van der Waals surface area contributed by atoms with Crippen LogP contribution in [-0.4, -0.2) is 53.0 Å². The van der Waals surface area contributed by atoms with E-state index in [0.717, 1.165) is 6.42 Å². The lowest BCUT2D eigenvalue weighted by Gasteiger charge is -2.67. The Morgan fingerprint density at radius 2 is 1.42 bits per heavy atom. The van der Waals surface area contributed by atoms with Crippen molar-refractivity contribution in [1.82, 2.24) is 0 Å². The summed E-state index contributed by atoms with van der Waals surface area (Å²) in [5.74, 6) is 0. The van der Waals surface area contributed by atoms with Crippen LogP contribution < -0.4 is 0 Å². The minimum absolute atomic E-state index is 0.0717. The van der Waals surface area contributed by atoms with Gasteiger partial charge in [0.2, 0.25) is 0 Å². The molecule has 3 fully saturated rings. The van der Waals surface area contributed by atoms with Gasteiger partial charge in [-0.15, -0.1) is 0 Å². The van der Waals surface area contributed by atoms with Crippen molar-refractivity contribution in [1.29, 1.82) is 0 Å². The summed E-state index contributed by atoms with van der Waals surface area (Å²) in [6.07, 6.45) is 2.33. The van der Waals surface area contributed by atoms with Gasteiger partial charge in [-0.1, -0.05) is 59.6 Å². The molecule has 0 aromatic heterocycles. The van der Waals surface area contributed by atoms with Crippen molar-refractivity contribution in [2.24, 2.45) is 16.2 Å². The normalized spacial score (nSPS) is 59.9. The van der Waals surface area contributed by atoms with Crippen LogP contribution >= 0.6 is 31.9 Å². The lowest BCUT2D eigenvalue weighted by molar-refractivity contribution is -0.298. The Hall–Kier alpha value is 0.800. The molecule has 6 heteroatoms. The summed E-state index contributed by atoms with van der Waals surface area (Å²) in [7, 11) is 0. The van der Waals surface area contributed by atoms with Crippen LogP contribution in [0.5, 0.6) is 0 Å². The smallest absolute Gasteiger partial charge is 0.102 e. The van der Waals surface area contributed by atoms with Crippen LogP contribution in [0.1, 0.15) is 73.1 Å². The summed E-state index contributed by atoms with van der Waals surface area (Å²) in [6, 6.07) is 0. The molecule has 152 valence electrons. The Morgan fingerprint density at radius 1 is 0.846 bits per heavy atom. The van der Waals surface area contributed by atoms with Gasteiger partial charge in [-0.05, 0) is 44.4 Å². The summed E-state index contributed by atoms with van der Waals surface area (Å²) in [5, 5.41) is 45.9. The van der Waals surface area contributed by atoms with Crippen molar-refractivity contribution in [3.63, 3.8) is 0 Å². The maximum absolute atomic E-state index is 11.9. The molecular weight excluding hydrogens is 464 g/mol. The van der Waals surface area contributed by atoms with Crippen molar-refractivity contribution >= 4 is 31.9 Å². The zero-order valence-corrected chi connectivity index (χ0v) is 19.7. The molecule has 0 aromatic carbocycles. The highest BCUT2D eigenvalue weighted by molar-refractivity contribution is 9.09. The van der Waals surface area contributed by atoms with E-state index in [0.29, 0.717) is 25.7 Å². The number of halogens is 2. The fraction of sp³-hybridized carbons (Fsp3) is 1.00. The molecule has 0 bridgehead atoms. The molecule has 4 N–H and O–H groups in total. The summed E-state index contributed by atoms with van der Waals surface area (Å²) >= 11 is 7.44. The van der Waals surface area contributed by atoms with Crippen LogP contribution in [0.15, 0.2) is 0 Å². The van der Waals surface area contributed by atoms with E-state index in [9.17, 15) is 20.4 Å². The van der Waals surface area contributed by atoms with E-state index >= 15 is 0 Å². The maximum atomic E-state index is 11.9. The Labute approximate surface area is 174 Å². The molecule has 0 radical (unpaired) electrons. The Kier molecular flexibility index (Phi) is 4.89. The second kappa shape index (κ2) is 5.91. The van der Waals surface area contributed by atoms with E-state index in [-0.39, 0.29) is 21.5 Å². The molecule has 1 unspecified atom stereocenters. The van der Waals surface area contributed by atoms with Gasteiger partial charge in [-0.25, -0.2) is 0 Å². The van der Waals surface area contributed by atoms with Crippen molar-refractivity contribution in [2.45, 2.75) is 106 Å². The number of hydrogen-bond acceptors (Lipinski definition) is 4. The topological polar surface area (TPSA) is 80.9 Å². The average Bonchev–Trinajstić information content (AvgIpc) is 2.68. The summed E-state index contributed by atoms with van der Waals surface area (Å²) < 4.78 is 0.